The van der Waals surface area contributed by atoms with Crippen molar-refractivity contribution in [1.29, 1.82) is 0 Å². The Kier molecular flexibility index (Phi) is 4.42. The number of anilines is 1. The lowest BCUT2D eigenvalue weighted by Crippen LogP contribution is -2.02. The van der Waals surface area contributed by atoms with E-state index in [9.17, 15) is 4.79 Å². The molecule has 1 aromatic rings. The van der Waals surface area contributed by atoms with Crippen LogP contribution in [-0.4, -0.2) is 23.8 Å². The van der Waals surface area contributed by atoms with Gasteiger partial charge in [-0.25, -0.2) is 4.98 Å². The standard InChI is InChI=1S/C10H14N2O2S/c1-7-3-5-12-10(9(7)11)15-6-4-8(13)14-2/h3,5H,4,6,11H2,1-2H3. The van der Waals surface area contributed by atoms with Gasteiger partial charge < -0.3 is 10.5 Å². The number of hydrogen-bond donors (Lipinski definition) is 1. The molecule has 2 N–H and O–H groups in total. The number of nitrogen functional groups attached to an aromatic ring is 1. The number of pyridine rings is 1. The number of aromatic nitrogens is 1. The number of nitrogens with two attached hydrogens (primary N) is 1. The number of hydrogen-bond acceptors (Lipinski definition) is 5. The van der Waals surface area contributed by atoms with E-state index in [0.29, 0.717) is 17.9 Å². The van der Waals surface area contributed by atoms with Crippen LogP contribution in [0.4, 0.5) is 5.69 Å². The van der Waals surface area contributed by atoms with Crippen LogP contribution >= 0.6 is 11.8 Å². The molecular weight excluding hydrogens is 212 g/mol. The van der Waals surface area contributed by atoms with E-state index in [1.54, 1.807) is 6.20 Å². The molecule has 1 aromatic heterocycles. The zero-order valence-electron chi connectivity index (χ0n) is 8.82. The van der Waals surface area contributed by atoms with Crippen molar-refractivity contribution in [2.45, 2.75) is 18.4 Å². The summed E-state index contributed by atoms with van der Waals surface area (Å²) in [5.74, 6) is 0.418. The minimum atomic E-state index is -0.214. The number of esters is 1. The normalized spacial score (nSPS) is 10.0. The highest BCUT2D eigenvalue weighted by Gasteiger charge is 2.05. The fraction of sp³-hybridized carbons (Fsp3) is 0.400. The average molecular weight is 226 g/mol. The summed E-state index contributed by atoms with van der Waals surface area (Å²) in [5.41, 5.74) is 7.52. The fourth-order valence-electron chi connectivity index (χ4n) is 0.993. The predicted octanol–water partition coefficient (Wildman–Crippen LogP) is 1.63. The van der Waals surface area contributed by atoms with Crippen molar-refractivity contribution < 1.29 is 9.53 Å². The second-order valence-corrected chi connectivity index (χ2v) is 4.10. The molecule has 0 aliphatic heterocycles. The molecule has 0 spiro atoms. The van der Waals surface area contributed by atoms with E-state index in [1.165, 1.54) is 18.9 Å². The number of aryl methyl sites for hydroxylation is 1. The van der Waals surface area contributed by atoms with Gasteiger partial charge in [-0.1, -0.05) is 0 Å². The van der Waals surface area contributed by atoms with E-state index in [0.717, 1.165) is 10.6 Å². The summed E-state index contributed by atoms with van der Waals surface area (Å²) < 4.78 is 4.54. The van der Waals surface area contributed by atoms with Crippen LogP contribution in [0.15, 0.2) is 17.3 Å². The molecule has 0 radical (unpaired) electrons. The van der Waals surface area contributed by atoms with Gasteiger partial charge in [-0.2, -0.15) is 0 Å². The van der Waals surface area contributed by atoms with Crippen molar-refractivity contribution in [3.8, 4) is 0 Å². The largest absolute Gasteiger partial charge is 0.469 e. The first kappa shape index (κ1) is 11.8. The van der Waals surface area contributed by atoms with Gasteiger partial charge in [0.05, 0.1) is 19.2 Å². The van der Waals surface area contributed by atoms with Gasteiger partial charge in [-0.3, -0.25) is 4.79 Å². The van der Waals surface area contributed by atoms with Gasteiger partial charge in [0, 0.05) is 11.9 Å². The number of ether oxygens (including phenoxy) is 1. The Morgan fingerprint density at radius 2 is 2.40 bits per heavy atom. The zero-order chi connectivity index (χ0) is 11.3. The number of thioether (sulfide) groups is 1. The van der Waals surface area contributed by atoms with Crippen molar-refractivity contribution in [2.75, 3.05) is 18.6 Å². The highest BCUT2D eigenvalue weighted by molar-refractivity contribution is 7.99. The molecule has 0 atom stereocenters. The summed E-state index contributed by atoms with van der Waals surface area (Å²) in [4.78, 5) is 15.0. The second-order valence-electron chi connectivity index (χ2n) is 3.02. The van der Waals surface area contributed by atoms with Crippen LogP contribution in [0.2, 0.25) is 0 Å². The molecule has 0 amide bonds. The summed E-state index contributed by atoms with van der Waals surface area (Å²) in [5, 5.41) is 0.777. The van der Waals surface area contributed by atoms with Crippen LogP contribution in [0.3, 0.4) is 0 Å². The Morgan fingerprint density at radius 1 is 1.67 bits per heavy atom. The minimum Gasteiger partial charge on any atom is -0.469 e. The van der Waals surface area contributed by atoms with E-state index in [4.69, 9.17) is 5.73 Å². The molecule has 0 bridgehead atoms. The van der Waals surface area contributed by atoms with E-state index < -0.39 is 0 Å². The Labute approximate surface area is 93.2 Å². The predicted molar refractivity (Wildman–Crippen MR) is 60.7 cm³/mol. The second kappa shape index (κ2) is 5.60. The van der Waals surface area contributed by atoms with Gasteiger partial charge >= 0.3 is 5.97 Å². The molecule has 0 saturated carbocycles. The third-order valence-electron chi connectivity index (χ3n) is 1.94. The third kappa shape index (κ3) is 3.43. The maximum atomic E-state index is 10.9. The highest BCUT2D eigenvalue weighted by atomic mass is 32.2. The Balaban J connectivity index is 2.51. The summed E-state index contributed by atoms with van der Waals surface area (Å²) in [6.45, 7) is 1.93. The molecule has 0 aliphatic rings. The lowest BCUT2D eigenvalue weighted by molar-refractivity contribution is -0.140. The average Bonchev–Trinajstić information content (AvgIpc) is 2.24. The monoisotopic (exact) mass is 226 g/mol. The molecule has 0 aliphatic carbocycles. The van der Waals surface area contributed by atoms with E-state index in [2.05, 4.69) is 9.72 Å². The Hall–Kier alpha value is -1.23. The molecule has 82 valence electrons. The van der Waals surface area contributed by atoms with Gasteiger partial charge in [-0.15, -0.1) is 11.8 Å². The van der Waals surface area contributed by atoms with E-state index >= 15 is 0 Å². The van der Waals surface area contributed by atoms with Gasteiger partial charge in [0.25, 0.3) is 0 Å². The van der Waals surface area contributed by atoms with Crippen LogP contribution in [0, 0.1) is 6.92 Å². The summed E-state index contributed by atoms with van der Waals surface area (Å²) in [6, 6.07) is 1.86. The van der Waals surface area contributed by atoms with Crippen LogP contribution in [0.5, 0.6) is 0 Å². The van der Waals surface area contributed by atoms with Gasteiger partial charge in [0.2, 0.25) is 0 Å². The maximum Gasteiger partial charge on any atom is 0.306 e. The summed E-state index contributed by atoms with van der Waals surface area (Å²) in [6.07, 6.45) is 2.09. The maximum absolute atomic E-state index is 10.9. The van der Waals surface area contributed by atoms with Crippen LogP contribution in [-0.2, 0) is 9.53 Å². The zero-order valence-corrected chi connectivity index (χ0v) is 9.63. The van der Waals surface area contributed by atoms with Crippen LogP contribution in [0.1, 0.15) is 12.0 Å². The molecule has 1 heterocycles. The molecule has 5 heteroatoms. The van der Waals surface area contributed by atoms with Crippen LogP contribution in [0.25, 0.3) is 0 Å². The molecule has 4 nitrogen and oxygen atoms in total. The SMILES string of the molecule is COC(=O)CCSc1nccc(C)c1N. The van der Waals surface area contributed by atoms with Crippen molar-refractivity contribution in [3.05, 3.63) is 17.8 Å². The van der Waals surface area contributed by atoms with E-state index in [1.807, 2.05) is 13.0 Å². The topological polar surface area (TPSA) is 65.2 Å². The number of carbonyl (C=O) groups excluding carboxylic acids is 1. The Morgan fingerprint density at radius 3 is 3.07 bits per heavy atom. The minimum absolute atomic E-state index is 0.214. The number of carbonyl (C=O) groups is 1. The first-order valence-electron chi connectivity index (χ1n) is 4.56. The van der Waals surface area contributed by atoms with E-state index in [-0.39, 0.29) is 5.97 Å². The molecule has 15 heavy (non-hydrogen) atoms. The lowest BCUT2D eigenvalue weighted by atomic mass is 10.3. The smallest absolute Gasteiger partial charge is 0.306 e. The lowest BCUT2D eigenvalue weighted by Gasteiger charge is -2.05. The molecule has 0 unspecified atom stereocenters. The van der Waals surface area contributed by atoms with Crippen molar-refractivity contribution in [1.82, 2.24) is 4.98 Å². The molecule has 0 aromatic carbocycles. The molecular formula is C10H14N2O2S. The summed E-state index contributed by atoms with van der Waals surface area (Å²) >= 11 is 1.47. The number of methoxy groups -OCH3 is 1. The first-order chi connectivity index (χ1) is 7.15. The molecule has 1 rings (SSSR count). The van der Waals surface area contributed by atoms with Gasteiger partial charge in [-0.05, 0) is 18.6 Å². The summed E-state index contributed by atoms with van der Waals surface area (Å²) in [7, 11) is 1.38. The number of rotatable bonds is 4. The quantitative estimate of drug-likeness (QED) is 0.624. The first-order valence-corrected chi connectivity index (χ1v) is 5.54. The Bertz CT molecular complexity index is 355. The van der Waals surface area contributed by atoms with Crippen molar-refractivity contribution >= 4 is 23.4 Å². The third-order valence-corrected chi connectivity index (χ3v) is 2.95. The van der Waals surface area contributed by atoms with Crippen molar-refractivity contribution in [3.63, 3.8) is 0 Å². The molecule has 0 fully saturated rings. The highest BCUT2D eigenvalue weighted by Crippen LogP contribution is 2.25. The number of nitrogens with zero attached hydrogens (tertiary/aromatic N) is 1. The van der Waals surface area contributed by atoms with Crippen molar-refractivity contribution in [2.24, 2.45) is 0 Å². The van der Waals surface area contributed by atoms with Crippen LogP contribution < -0.4 is 5.73 Å². The molecule has 0 saturated heterocycles. The fourth-order valence-corrected chi connectivity index (χ4v) is 1.91. The van der Waals surface area contributed by atoms with Gasteiger partial charge in [0.1, 0.15) is 5.03 Å². The van der Waals surface area contributed by atoms with Gasteiger partial charge in [0.15, 0.2) is 0 Å².